The molecule has 1 aliphatic carbocycles. The van der Waals surface area contributed by atoms with Gasteiger partial charge in [-0.15, -0.1) is 0 Å². The number of anilines is 2. The molecular weight excluding hydrogens is 383 g/mol. The molecule has 0 saturated heterocycles. The number of nitrogens with one attached hydrogen (secondary N) is 2. The van der Waals surface area contributed by atoms with Crippen LogP contribution in [0.1, 0.15) is 24.5 Å². The highest BCUT2D eigenvalue weighted by Crippen LogP contribution is 2.41. The molecular formula is C19H18BrFN4. The fourth-order valence-corrected chi connectivity index (χ4v) is 3.32. The number of rotatable bonds is 6. The first kappa shape index (κ1) is 16.3. The molecule has 0 amide bonds. The summed E-state index contributed by atoms with van der Waals surface area (Å²) in [7, 11) is 0. The molecule has 0 spiro atoms. The lowest BCUT2D eigenvalue weighted by molar-refractivity contribution is 0.585. The Kier molecular flexibility index (Phi) is 4.53. The van der Waals surface area contributed by atoms with Crippen molar-refractivity contribution in [1.29, 1.82) is 0 Å². The summed E-state index contributed by atoms with van der Waals surface area (Å²) >= 11 is 3.61. The first-order valence-corrected chi connectivity index (χ1v) is 9.19. The van der Waals surface area contributed by atoms with E-state index in [1.807, 2.05) is 12.1 Å². The predicted octanol–water partition coefficient (Wildman–Crippen LogP) is 4.93. The van der Waals surface area contributed by atoms with Crippen LogP contribution in [0.3, 0.4) is 0 Å². The van der Waals surface area contributed by atoms with Crippen LogP contribution in [0.5, 0.6) is 0 Å². The zero-order valence-corrected chi connectivity index (χ0v) is 15.2. The summed E-state index contributed by atoms with van der Waals surface area (Å²) in [6, 6.07) is 13.0. The summed E-state index contributed by atoms with van der Waals surface area (Å²) in [6.45, 7) is 1.35. The summed E-state index contributed by atoms with van der Waals surface area (Å²) in [6.07, 6.45) is 2.43. The highest BCUT2D eigenvalue weighted by atomic mass is 79.9. The molecule has 2 N–H and O–H groups in total. The van der Waals surface area contributed by atoms with E-state index in [2.05, 4.69) is 43.7 Å². The van der Waals surface area contributed by atoms with Crippen LogP contribution in [-0.4, -0.2) is 23.1 Å². The number of aromatic nitrogens is 2. The van der Waals surface area contributed by atoms with Gasteiger partial charge >= 0.3 is 0 Å². The van der Waals surface area contributed by atoms with Crippen molar-refractivity contribution in [3.05, 3.63) is 58.6 Å². The highest BCUT2D eigenvalue weighted by molar-refractivity contribution is 9.10. The third-order valence-corrected chi connectivity index (χ3v) is 4.91. The van der Waals surface area contributed by atoms with Gasteiger partial charge in [0.05, 0.1) is 5.52 Å². The molecule has 0 bridgehead atoms. The smallest absolute Gasteiger partial charge is 0.214 e. The molecule has 1 aliphatic rings. The van der Waals surface area contributed by atoms with Gasteiger partial charge in [0.15, 0.2) is 0 Å². The number of halogens is 2. The van der Waals surface area contributed by atoms with Crippen molar-refractivity contribution in [2.75, 3.05) is 23.7 Å². The van der Waals surface area contributed by atoms with E-state index in [4.69, 9.17) is 4.98 Å². The molecule has 1 aromatic carbocycles. The van der Waals surface area contributed by atoms with E-state index in [9.17, 15) is 4.39 Å². The summed E-state index contributed by atoms with van der Waals surface area (Å²) in [5.74, 6) is 0.659. The quantitative estimate of drug-likeness (QED) is 0.454. The van der Waals surface area contributed by atoms with Crippen LogP contribution in [0.25, 0.3) is 10.9 Å². The van der Waals surface area contributed by atoms with Gasteiger partial charge in [0.2, 0.25) is 5.95 Å². The number of benzene rings is 1. The Hall–Kier alpha value is -2.21. The lowest BCUT2D eigenvalue weighted by Crippen LogP contribution is -2.15. The van der Waals surface area contributed by atoms with E-state index in [0.29, 0.717) is 24.8 Å². The summed E-state index contributed by atoms with van der Waals surface area (Å²) in [5.41, 5.74) is 3.23. The molecule has 1 fully saturated rings. The van der Waals surface area contributed by atoms with Crippen molar-refractivity contribution < 1.29 is 4.39 Å². The van der Waals surface area contributed by atoms with Crippen molar-refractivity contribution in [3.63, 3.8) is 0 Å². The number of para-hydroxylation sites is 1. The third-order valence-electron chi connectivity index (χ3n) is 4.27. The maximum Gasteiger partial charge on any atom is 0.214 e. The summed E-state index contributed by atoms with van der Waals surface area (Å²) in [5, 5.41) is 7.70. The monoisotopic (exact) mass is 400 g/mol. The topological polar surface area (TPSA) is 49.8 Å². The minimum atomic E-state index is -0.475. The zero-order valence-electron chi connectivity index (χ0n) is 13.6. The average molecular weight is 401 g/mol. The number of pyridine rings is 2. The molecule has 128 valence electrons. The molecule has 0 atom stereocenters. The van der Waals surface area contributed by atoms with Gasteiger partial charge < -0.3 is 10.6 Å². The number of fused-ring (bicyclic) bond motifs is 1. The normalized spacial score (nSPS) is 13.8. The van der Waals surface area contributed by atoms with E-state index in [-0.39, 0.29) is 0 Å². The van der Waals surface area contributed by atoms with E-state index in [0.717, 1.165) is 26.8 Å². The Morgan fingerprint density at radius 3 is 2.64 bits per heavy atom. The fourth-order valence-electron chi connectivity index (χ4n) is 2.86. The van der Waals surface area contributed by atoms with Crippen LogP contribution in [0, 0.1) is 5.95 Å². The van der Waals surface area contributed by atoms with Crippen molar-refractivity contribution in [3.8, 4) is 0 Å². The summed E-state index contributed by atoms with van der Waals surface area (Å²) in [4.78, 5) is 8.63. The number of hydrogen-bond acceptors (Lipinski definition) is 4. The van der Waals surface area contributed by atoms with E-state index < -0.39 is 5.95 Å². The fraction of sp³-hybridized carbons (Fsp3) is 0.263. The molecule has 4 nitrogen and oxygen atoms in total. The van der Waals surface area contributed by atoms with Gasteiger partial charge in [0, 0.05) is 40.2 Å². The molecule has 2 heterocycles. The lowest BCUT2D eigenvalue weighted by atomic mass is 10.1. The largest absolute Gasteiger partial charge is 0.383 e. The Bertz CT molecular complexity index is 911. The molecule has 0 unspecified atom stereocenters. The second-order valence-electron chi connectivity index (χ2n) is 6.20. The van der Waals surface area contributed by atoms with Crippen LogP contribution in [0.15, 0.2) is 46.9 Å². The molecule has 25 heavy (non-hydrogen) atoms. The van der Waals surface area contributed by atoms with Crippen LogP contribution in [0.4, 0.5) is 15.9 Å². The zero-order chi connectivity index (χ0) is 17.2. The third kappa shape index (κ3) is 3.74. The Morgan fingerprint density at radius 1 is 1.04 bits per heavy atom. The minimum absolute atomic E-state index is 0.475. The van der Waals surface area contributed by atoms with Gasteiger partial charge in [-0.05, 0) is 53.0 Å². The maximum absolute atomic E-state index is 13.1. The Morgan fingerprint density at radius 2 is 1.84 bits per heavy atom. The molecule has 3 aromatic rings. The van der Waals surface area contributed by atoms with Gasteiger partial charge in [-0.25, -0.2) is 4.98 Å². The maximum atomic E-state index is 13.1. The molecule has 4 rings (SSSR count). The van der Waals surface area contributed by atoms with Gasteiger partial charge in [-0.3, -0.25) is 4.98 Å². The van der Waals surface area contributed by atoms with Crippen LogP contribution < -0.4 is 10.6 Å². The molecule has 1 saturated carbocycles. The van der Waals surface area contributed by atoms with Crippen molar-refractivity contribution in [1.82, 2.24) is 9.97 Å². The Labute approximate surface area is 154 Å². The molecule has 0 aliphatic heterocycles. The SMILES string of the molecule is Fc1cccc(NCCNc2cc(C3CC3)nc3c(Br)cccc23)n1. The van der Waals surface area contributed by atoms with Crippen LogP contribution in [-0.2, 0) is 0 Å². The molecule has 2 aromatic heterocycles. The number of nitrogens with zero attached hydrogens (tertiary/aromatic N) is 2. The molecule has 6 heteroatoms. The minimum Gasteiger partial charge on any atom is -0.383 e. The summed E-state index contributed by atoms with van der Waals surface area (Å²) < 4.78 is 14.1. The lowest BCUT2D eigenvalue weighted by Gasteiger charge is -2.13. The number of hydrogen-bond donors (Lipinski definition) is 2. The van der Waals surface area contributed by atoms with Crippen LogP contribution >= 0.6 is 15.9 Å². The van der Waals surface area contributed by atoms with Crippen molar-refractivity contribution in [2.45, 2.75) is 18.8 Å². The molecule has 0 radical (unpaired) electrons. The second-order valence-corrected chi connectivity index (χ2v) is 7.06. The van der Waals surface area contributed by atoms with E-state index in [1.54, 1.807) is 12.1 Å². The van der Waals surface area contributed by atoms with Gasteiger partial charge in [0.1, 0.15) is 5.82 Å². The second kappa shape index (κ2) is 6.96. The van der Waals surface area contributed by atoms with Crippen molar-refractivity contribution in [2.24, 2.45) is 0 Å². The van der Waals surface area contributed by atoms with Crippen molar-refractivity contribution >= 4 is 38.3 Å². The highest BCUT2D eigenvalue weighted by Gasteiger charge is 2.26. The van der Waals surface area contributed by atoms with Gasteiger partial charge in [0.25, 0.3) is 0 Å². The van der Waals surface area contributed by atoms with Crippen LogP contribution in [0.2, 0.25) is 0 Å². The van der Waals surface area contributed by atoms with Gasteiger partial charge in [-0.2, -0.15) is 4.39 Å². The van der Waals surface area contributed by atoms with Gasteiger partial charge in [-0.1, -0.05) is 18.2 Å². The predicted molar refractivity (Wildman–Crippen MR) is 103 cm³/mol. The van der Waals surface area contributed by atoms with E-state index in [1.165, 1.54) is 18.9 Å². The average Bonchev–Trinajstić information content (AvgIpc) is 3.44. The Balaban J connectivity index is 1.49. The standard InChI is InChI=1S/C19H18BrFN4/c20-14-4-1-3-13-16(11-15(12-7-8-12)24-19(13)14)22-9-10-23-18-6-2-5-17(21)25-18/h1-6,11-12H,7-10H2,(H,22,24)(H,23,25). The first-order valence-electron chi connectivity index (χ1n) is 8.40. The van der Waals surface area contributed by atoms with E-state index >= 15 is 0 Å². The first-order chi connectivity index (χ1) is 12.2.